The number of hydrogen-bond donors (Lipinski definition) is 0. The predicted molar refractivity (Wildman–Crippen MR) is 115 cm³/mol. The topological polar surface area (TPSA) is 30.5 Å². The first-order valence-electron chi connectivity index (χ1n) is 10.5. The minimum atomic E-state index is 0.206. The summed E-state index contributed by atoms with van der Waals surface area (Å²) < 4.78 is 14.6. The van der Waals surface area contributed by atoms with E-state index in [-0.39, 0.29) is 6.10 Å². The molecule has 1 aliphatic carbocycles. The molecule has 1 saturated heterocycles. The first kappa shape index (κ1) is 17.3. The van der Waals surface area contributed by atoms with Crippen LogP contribution in [0.5, 0.6) is 0 Å². The van der Waals surface area contributed by atoms with Crippen LogP contribution in [0.2, 0.25) is 0 Å². The van der Waals surface area contributed by atoms with E-state index in [2.05, 4.69) is 59.0 Å². The van der Waals surface area contributed by atoms with Gasteiger partial charge in [0.2, 0.25) is 0 Å². The molecule has 1 aliphatic heterocycles. The van der Waals surface area contributed by atoms with Gasteiger partial charge in [-0.3, -0.25) is 4.90 Å². The minimum absolute atomic E-state index is 0.206. The molecule has 1 fully saturated rings. The van der Waals surface area contributed by atoms with Crippen LogP contribution < -0.4 is 0 Å². The molecular weight excluding hydrogens is 360 g/mol. The maximum Gasteiger partial charge on any atom is 0.134 e. The fourth-order valence-corrected chi connectivity index (χ4v) is 5.76. The van der Waals surface area contributed by atoms with Crippen LogP contribution in [0.25, 0.3) is 21.9 Å². The number of para-hydroxylation sites is 2. The van der Waals surface area contributed by atoms with Crippen LogP contribution in [0.4, 0.5) is 0 Å². The summed E-state index contributed by atoms with van der Waals surface area (Å²) in [4.78, 5) is 2.58. The first-order valence-corrected chi connectivity index (χ1v) is 10.5. The zero-order chi connectivity index (χ0) is 19.5. The van der Waals surface area contributed by atoms with E-state index in [1.165, 1.54) is 27.5 Å². The van der Waals surface area contributed by atoms with E-state index in [4.69, 9.17) is 9.15 Å². The summed E-state index contributed by atoms with van der Waals surface area (Å²) in [6.07, 6.45) is 2.46. The monoisotopic (exact) mass is 386 g/mol. The van der Waals surface area contributed by atoms with Gasteiger partial charge in [0.25, 0.3) is 0 Å². The second kappa shape index (κ2) is 6.48. The van der Waals surface area contributed by atoms with Gasteiger partial charge in [0.05, 0.1) is 12.6 Å². The number of rotatable bonds is 3. The lowest BCUT2D eigenvalue weighted by atomic mass is 9.76. The van der Waals surface area contributed by atoms with Crippen molar-refractivity contribution in [2.45, 2.75) is 37.5 Å². The van der Waals surface area contributed by atoms with Gasteiger partial charge in [-0.25, -0.2) is 0 Å². The van der Waals surface area contributed by atoms with Crippen molar-refractivity contribution in [3.05, 3.63) is 71.6 Å². The van der Waals surface area contributed by atoms with Crippen molar-refractivity contribution in [1.29, 1.82) is 0 Å². The minimum Gasteiger partial charge on any atom is -0.460 e. The maximum atomic E-state index is 6.13. The molecule has 4 heteroatoms. The van der Waals surface area contributed by atoms with Gasteiger partial charge in [0.15, 0.2) is 0 Å². The second-order valence-electron chi connectivity index (χ2n) is 8.59. The number of methoxy groups -OCH3 is 1. The molecule has 0 amide bonds. The largest absolute Gasteiger partial charge is 0.460 e. The summed E-state index contributed by atoms with van der Waals surface area (Å²) in [5.74, 6) is 1.50. The Morgan fingerprint density at radius 3 is 2.79 bits per heavy atom. The highest BCUT2D eigenvalue weighted by atomic mass is 16.5. The molecule has 2 aromatic carbocycles. The van der Waals surface area contributed by atoms with E-state index in [9.17, 15) is 0 Å². The molecule has 0 spiro atoms. The molecule has 6 rings (SSSR count). The van der Waals surface area contributed by atoms with E-state index in [1.54, 1.807) is 0 Å². The Labute approximate surface area is 170 Å². The van der Waals surface area contributed by atoms with Crippen molar-refractivity contribution in [1.82, 2.24) is 9.47 Å². The number of aryl methyl sites for hydroxylation is 1. The number of likely N-dealkylation sites (tertiary alicyclic amines) is 1. The Morgan fingerprint density at radius 1 is 1.10 bits per heavy atom. The van der Waals surface area contributed by atoms with Crippen molar-refractivity contribution in [2.75, 3.05) is 13.7 Å². The van der Waals surface area contributed by atoms with Crippen LogP contribution in [0.15, 0.2) is 59.0 Å². The van der Waals surface area contributed by atoms with Crippen molar-refractivity contribution in [3.63, 3.8) is 0 Å². The molecule has 0 radical (unpaired) electrons. The summed E-state index contributed by atoms with van der Waals surface area (Å²) in [6.45, 7) is 1.79. The van der Waals surface area contributed by atoms with Gasteiger partial charge in [-0.05, 0) is 36.6 Å². The molecular formula is C25H26N2O2. The summed E-state index contributed by atoms with van der Waals surface area (Å²) in [5, 5.41) is 2.58. The number of benzene rings is 2. The van der Waals surface area contributed by atoms with Gasteiger partial charge in [-0.15, -0.1) is 0 Å². The lowest BCUT2D eigenvalue weighted by Crippen LogP contribution is -2.52. The smallest absolute Gasteiger partial charge is 0.134 e. The Morgan fingerprint density at radius 2 is 1.93 bits per heavy atom. The molecule has 2 aromatic heterocycles. The van der Waals surface area contributed by atoms with Crippen molar-refractivity contribution >= 4 is 21.9 Å². The standard InChI is InChI=1S/C25H26N2O2/c1-26-22-9-5-4-8-19(22)20-12-17-13-21(25(20)26)24(28-2)15-27(17)14-18-11-16-7-3-6-10-23(16)29-18/h3-11,17,21,24H,12-15H2,1-2H3/t17-,21-,24-/m0/s1. The average Bonchev–Trinajstić information content (AvgIpc) is 3.29. The van der Waals surface area contributed by atoms with Crippen LogP contribution >= 0.6 is 0 Å². The highest BCUT2D eigenvalue weighted by Gasteiger charge is 2.43. The fraction of sp³-hybridized carbons (Fsp3) is 0.360. The van der Waals surface area contributed by atoms with Crippen molar-refractivity contribution < 1.29 is 9.15 Å². The van der Waals surface area contributed by atoms with Gasteiger partial charge in [-0.1, -0.05) is 36.4 Å². The number of hydrogen-bond acceptors (Lipinski definition) is 3. The third-order valence-corrected chi connectivity index (χ3v) is 7.10. The Bertz CT molecular complexity index is 1170. The second-order valence-corrected chi connectivity index (χ2v) is 8.59. The Hall–Kier alpha value is -2.56. The number of aromatic nitrogens is 1. The third-order valence-electron chi connectivity index (χ3n) is 7.10. The SMILES string of the molecule is CO[C@H]1CN(Cc2cc3ccccc3o2)[C@H]2Cc3c(n(C)c4ccccc34)[C@H]1C2. The first-order chi connectivity index (χ1) is 14.2. The van der Waals surface area contributed by atoms with Gasteiger partial charge < -0.3 is 13.7 Å². The van der Waals surface area contributed by atoms with Crippen LogP contribution in [-0.2, 0) is 24.8 Å². The highest BCUT2D eigenvalue weighted by Crippen LogP contribution is 2.45. The highest BCUT2D eigenvalue weighted by molar-refractivity contribution is 5.86. The molecule has 4 nitrogen and oxygen atoms in total. The van der Waals surface area contributed by atoms with Gasteiger partial charge in [0.1, 0.15) is 11.3 Å². The van der Waals surface area contributed by atoms with Crippen LogP contribution in [0, 0.1) is 0 Å². The molecule has 2 aliphatic rings. The maximum absolute atomic E-state index is 6.13. The molecule has 0 saturated carbocycles. The van der Waals surface area contributed by atoms with Crippen LogP contribution in [0.1, 0.15) is 29.4 Å². The molecule has 2 bridgehead atoms. The summed E-state index contributed by atoms with van der Waals surface area (Å²) >= 11 is 0. The van der Waals surface area contributed by atoms with E-state index in [0.717, 1.165) is 37.3 Å². The van der Waals surface area contributed by atoms with Crippen molar-refractivity contribution in [2.24, 2.45) is 7.05 Å². The quantitative estimate of drug-likeness (QED) is 0.504. The van der Waals surface area contributed by atoms with Crippen molar-refractivity contribution in [3.8, 4) is 0 Å². The molecule has 148 valence electrons. The molecule has 4 aromatic rings. The van der Waals surface area contributed by atoms with E-state index >= 15 is 0 Å². The van der Waals surface area contributed by atoms with Crippen LogP contribution in [-0.4, -0.2) is 35.3 Å². The summed E-state index contributed by atoms with van der Waals surface area (Å²) in [5.41, 5.74) is 5.31. The van der Waals surface area contributed by atoms with Gasteiger partial charge in [0, 0.05) is 54.6 Å². The van der Waals surface area contributed by atoms with Gasteiger partial charge in [-0.2, -0.15) is 0 Å². The van der Waals surface area contributed by atoms with E-state index < -0.39 is 0 Å². The van der Waals surface area contributed by atoms with E-state index in [0.29, 0.717) is 12.0 Å². The van der Waals surface area contributed by atoms with E-state index in [1.807, 2.05) is 19.2 Å². The molecule has 29 heavy (non-hydrogen) atoms. The Kier molecular flexibility index (Phi) is 3.87. The zero-order valence-corrected chi connectivity index (χ0v) is 17.0. The number of fused-ring (bicyclic) bond motifs is 7. The predicted octanol–water partition coefficient (Wildman–Crippen LogP) is 4.85. The number of furan rings is 1. The third kappa shape index (κ3) is 2.59. The lowest BCUT2D eigenvalue weighted by Gasteiger charge is -2.46. The summed E-state index contributed by atoms with van der Waals surface area (Å²) in [7, 11) is 4.08. The zero-order valence-electron chi connectivity index (χ0n) is 17.0. The molecule has 0 unspecified atom stereocenters. The lowest BCUT2D eigenvalue weighted by molar-refractivity contribution is -0.0234. The molecule has 3 atom stereocenters. The molecule has 0 N–H and O–H groups in total. The summed E-state index contributed by atoms with van der Waals surface area (Å²) in [6, 6.07) is 19.8. The van der Waals surface area contributed by atoms with Gasteiger partial charge >= 0.3 is 0 Å². The normalized spacial score (nSPS) is 24.3. The number of nitrogens with zero attached hydrogens (tertiary/aromatic N) is 2. The molecule has 3 heterocycles. The Balaban J connectivity index is 1.39. The average molecular weight is 386 g/mol. The number of ether oxygens (including phenoxy) is 1. The van der Waals surface area contributed by atoms with Crippen LogP contribution in [0.3, 0.4) is 0 Å². The number of piperidine rings is 1. The fourth-order valence-electron chi connectivity index (χ4n) is 5.76.